The van der Waals surface area contributed by atoms with Crippen LogP contribution in [-0.2, 0) is 6.61 Å². The minimum atomic E-state index is -4.22. The fraction of sp³-hybridized carbons (Fsp3) is 0.500. The number of ether oxygens (including phenoxy) is 1. The lowest BCUT2D eigenvalue weighted by Gasteiger charge is -2.17. The van der Waals surface area contributed by atoms with Crippen LogP contribution in [0.25, 0.3) is 0 Å². The molecule has 1 aromatic heterocycles. The molecule has 1 N–H and O–H groups in total. The molecular formula is C10H11F4NO2. The predicted molar refractivity (Wildman–Crippen MR) is 51.3 cm³/mol. The van der Waals surface area contributed by atoms with Crippen LogP contribution in [0.4, 0.5) is 17.6 Å². The molecule has 0 saturated carbocycles. The predicted octanol–water partition coefficient (Wildman–Crippen LogP) is 2.16. The van der Waals surface area contributed by atoms with Crippen molar-refractivity contribution in [2.24, 2.45) is 0 Å². The average molecular weight is 253 g/mol. The first-order chi connectivity index (χ1) is 7.86. The van der Waals surface area contributed by atoms with Crippen LogP contribution >= 0.6 is 0 Å². The highest BCUT2D eigenvalue weighted by Crippen LogP contribution is 2.26. The van der Waals surface area contributed by atoms with E-state index in [1.807, 2.05) is 0 Å². The highest BCUT2D eigenvalue weighted by molar-refractivity contribution is 5.32. The molecule has 0 radical (unpaired) electrons. The van der Waals surface area contributed by atoms with Gasteiger partial charge in [-0.05, 0) is 6.92 Å². The van der Waals surface area contributed by atoms with Crippen LogP contribution in [-0.4, -0.2) is 29.0 Å². The maximum absolute atomic E-state index is 12.6. The first-order valence-electron chi connectivity index (χ1n) is 4.72. The van der Waals surface area contributed by atoms with E-state index in [1.165, 1.54) is 12.3 Å². The lowest BCUT2D eigenvalue weighted by Crippen LogP contribution is -2.33. The molecule has 3 nitrogen and oxygen atoms in total. The minimum absolute atomic E-state index is 0.0691. The van der Waals surface area contributed by atoms with Gasteiger partial charge in [0.15, 0.2) is 6.61 Å². The zero-order chi connectivity index (χ0) is 13.1. The van der Waals surface area contributed by atoms with Crippen LogP contribution in [0.5, 0.6) is 5.75 Å². The molecule has 0 unspecified atom stereocenters. The second-order valence-corrected chi connectivity index (χ2v) is 3.44. The molecular weight excluding hydrogens is 242 g/mol. The molecule has 0 atom stereocenters. The second-order valence-electron chi connectivity index (χ2n) is 3.44. The van der Waals surface area contributed by atoms with E-state index in [1.54, 1.807) is 6.92 Å². The monoisotopic (exact) mass is 253 g/mol. The van der Waals surface area contributed by atoms with E-state index in [0.29, 0.717) is 5.69 Å². The molecule has 0 aliphatic rings. The summed E-state index contributed by atoms with van der Waals surface area (Å²) in [6, 6.07) is 1.30. The molecule has 1 heterocycles. The normalized spacial score (nSPS) is 11.9. The molecule has 7 heteroatoms. The molecule has 0 amide bonds. The van der Waals surface area contributed by atoms with Crippen molar-refractivity contribution >= 4 is 0 Å². The SMILES string of the molecule is Cc1cc(OCC(F)(F)C(F)F)c(CO)cn1. The number of aliphatic hydroxyl groups excluding tert-OH is 1. The second kappa shape index (κ2) is 5.31. The van der Waals surface area contributed by atoms with E-state index in [-0.39, 0.29) is 11.3 Å². The highest BCUT2D eigenvalue weighted by Gasteiger charge is 2.41. The fourth-order valence-electron chi connectivity index (χ4n) is 1.05. The zero-order valence-corrected chi connectivity index (χ0v) is 8.96. The summed E-state index contributed by atoms with van der Waals surface area (Å²) in [6.45, 7) is -0.330. The summed E-state index contributed by atoms with van der Waals surface area (Å²) in [5, 5.41) is 8.89. The number of aryl methyl sites for hydroxylation is 1. The number of aliphatic hydroxyl groups is 1. The summed E-state index contributed by atoms with van der Waals surface area (Å²) in [5.41, 5.74) is 0.637. The Morgan fingerprint density at radius 2 is 2.12 bits per heavy atom. The summed E-state index contributed by atoms with van der Waals surface area (Å²) in [5.74, 6) is -4.29. The van der Waals surface area contributed by atoms with E-state index < -0.39 is 25.6 Å². The van der Waals surface area contributed by atoms with Crippen LogP contribution in [0.3, 0.4) is 0 Å². The van der Waals surface area contributed by atoms with Crippen molar-refractivity contribution in [3.63, 3.8) is 0 Å². The van der Waals surface area contributed by atoms with Gasteiger partial charge in [-0.3, -0.25) is 4.98 Å². The summed E-state index contributed by atoms with van der Waals surface area (Å²) < 4.78 is 53.6. The molecule has 0 saturated heterocycles. The van der Waals surface area contributed by atoms with Gasteiger partial charge in [0, 0.05) is 23.5 Å². The maximum atomic E-state index is 12.6. The van der Waals surface area contributed by atoms with Gasteiger partial charge in [-0.25, -0.2) is 8.78 Å². The summed E-state index contributed by atoms with van der Waals surface area (Å²) in [4.78, 5) is 3.81. The van der Waals surface area contributed by atoms with Crippen LogP contribution in [0.1, 0.15) is 11.3 Å². The van der Waals surface area contributed by atoms with Crippen molar-refractivity contribution in [3.05, 3.63) is 23.5 Å². The molecule has 1 aromatic rings. The van der Waals surface area contributed by atoms with E-state index in [9.17, 15) is 17.6 Å². The molecule has 1 rings (SSSR count). The fourth-order valence-corrected chi connectivity index (χ4v) is 1.05. The number of rotatable bonds is 5. The molecule has 17 heavy (non-hydrogen) atoms. The molecule has 96 valence electrons. The lowest BCUT2D eigenvalue weighted by molar-refractivity contribution is -0.148. The summed E-state index contributed by atoms with van der Waals surface area (Å²) in [7, 11) is 0. The molecule has 0 aliphatic heterocycles. The third-order valence-corrected chi connectivity index (χ3v) is 1.99. The van der Waals surface area contributed by atoms with Gasteiger partial charge in [0.2, 0.25) is 0 Å². The first-order valence-corrected chi connectivity index (χ1v) is 4.72. The molecule has 0 bridgehead atoms. The van der Waals surface area contributed by atoms with Crippen LogP contribution < -0.4 is 4.74 Å². The topological polar surface area (TPSA) is 42.4 Å². The highest BCUT2D eigenvalue weighted by atomic mass is 19.3. The summed E-state index contributed by atoms with van der Waals surface area (Å²) in [6.07, 6.45) is -2.55. The minimum Gasteiger partial charge on any atom is -0.487 e. The van der Waals surface area contributed by atoms with Crippen molar-refractivity contribution in [1.29, 1.82) is 0 Å². The number of pyridine rings is 1. The Labute approximate surface area is 95.0 Å². The Balaban J connectivity index is 2.78. The van der Waals surface area contributed by atoms with Gasteiger partial charge in [0.05, 0.1) is 6.61 Å². The maximum Gasteiger partial charge on any atom is 0.340 e. The lowest BCUT2D eigenvalue weighted by atomic mass is 10.2. The van der Waals surface area contributed by atoms with Crippen LogP contribution in [0, 0.1) is 6.92 Å². The molecule has 0 fully saturated rings. The summed E-state index contributed by atoms with van der Waals surface area (Å²) >= 11 is 0. The molecule has 0 spiro atoms. The van der Waals surface area contributed by atoms with Crippen molar-refractivity contribution in [3.8, 4) is 5.75 Å². The zero-order valence-electron chi connectivity index (χ0n) is 8.96. The van der Waals surface area contributed by atoms with Gasteiger partial charge < -0.3 is 9.84 Å². The Hall–Kier alpha value is -1.37. The standard InChI is InChI=1S/C10H11F4NO2/c1-6-2-8(7(4-16)3-15-6)17-5-10(13,14)9(11)12/h2-3,9,16H,4-5H2,1H3. The Bertz CT molecular complexity index is 385. The van der Waals surface area contributed by atoms with Crippen molar-refractivity contribution in [2.75, 3.05) is 6.61 Å². The number of nitrogens with zero attached hydrogens (tertiary/aromatic N) is 1. The van der Waals surface area contributed by atoms with E-state index >= 15 is 0 Å². The van der Waals surface area contributed by atoms with Crippen LogP contribution in [0.15, 0.2) is 12.3 Å². The number of aromatic nitrogens is 1. The Morgan fingerprint density at radius 1 is 1.47 bits per heavy atom. The Morgan fingerprint density at radius 3 is 2.65 bits per heavy atom. The number of halogens is 4. The van der Waals surface area contributed by atoms with Gasteiger partial charge >= 0.3 is 12.3 Å². The van der Waals surface area contributed by atoms with Gasteiger partial charge in [0.25, 0.3) is 0 Å². The third kappa shape index (κ3) is 3.55. The van der Waals surface area contributed by atoms with Crippen molar-refractivity contribution in [1.82, 2.24) is 4.98 Å². The Kier molecular flexibility index (Phi) is 4.28. The smallest absolute Gasteiger partial charge is 0.340 e. The van der Waals surface area contributed by atoms with E-state index in [4.69, 9.17) is 5.11 Å². The van der Waals surface area contributed by atoms with Gasteiger partial charge in [-0.1, -0.05) is 0 Å². The van der Waals surface area contributed by atoms with E-state index in [0.717, 1.165) is 0 Å². The van der Waals surface area contributed by atoms with E-state index in [2.05, 4.69) is 9.72 Å². The number of hydrogen-bond acceptors (Lipinski definition) is 3. The molecule has 0 aromatic carbocycles. The largest absolute Gasteiger partial charge is 0.487 e. The van der Waals surface area contributed by atoms with Crippen LogP contribution in [0.2, 0.25) is 0 Å². The third-order valence-electron chi connectivity index (χ3n) is 1.99. The van der Waals surface area contributed by atoms with Crippen molar-refractivity contribution < 1.29 is 27.4 Å². The van der Waals surface area contributed by atoms with Gasteiger partial charge in [-0.2, -0.15) is 8.78 Å². The quantitative estimate of drug-likeness (QED) is 0.818. The van der Waals surface area contributed by atoms with Crippen molar-refractivity contribution in [2.45, 2.75) is 25.9 Å². The average Bonchev–Trinajstić information content (AvgIpc) is 2.26. The number of hydrogen-bond donors (Lipinski definition) is 1. The molecule has 0 aliphatic carbocycles. The number of alkyl halides is 4. The first kappa shape index (κ1) is 13.7. The van der Waals surface area contributed by atoms with Gasteiger partial charge in [-0.15, -0.1) is 0 Å². The van der Waals surface area contributed by atoms with Gasteiger partial charge in [0.1, 0.15) is 5.75 Å².